The van der Waals surface area contributed by atoms with Crippen molar-refractivity contribution in [2.24, 2.45) is 34.5 Å². The number of amides is 4. The Morgan fingerprint density at radius 3 is 1.58 bits per heavy atom. The van der Waals surface area contributed by atoms with Gasteiger partial charge < -0.3 is 15.1 Å². The van der Waals surface area contributed by atoms with Gasteiger partial charge in [-0.3, -0.25) is 33.4 Å². The Kier molecular flexibility index (Phi) is 17.4. The van der Waals surface area contributed by atoms with Gasteiger partial charge in [0.2, 0.25) is 11.8 Å². The highest BCUT2D eigenvalue weighted by Crippen LogP contribution is 2.42. The highest BCUT2D eigenvalue weighted by Gasteiger charge is 2.43. The molecular formula is C56H81ClN12O8S2. The summed E-state index contributed by atoms with van der Waals surface area (Å²) in [5.74, 6) is 1.24. The summed E-state index contributed by atoms with van der Waals surface area (Å²) in [6, 6.07) is 9.08. The summed E-state index contributed by atoms with van der Waals surface area (Å²) >= 11 is 6.11. The van der Waals surface area contributed by atoms with Gasteiger partial charge in [0.25, 0.3) is 31.9 Å². The van der Waals surface area contributed by atoms with E-state index in [4.69, 9.17) is 16.6 Å². The monoisotopic (exact) mass is 1150 g/mol. The number of aryl methyl sites for hydroxylation is 2. The number of aromatic nitrogens is 6. The van der Waals surface area contributed by atoms with Crippen LogP contribution >= 0.6 is 11.6 Å². The minimum absolute atomic E-state index is 0.0412. The van der Waals surface area contributed by atoms with Crippen LogP contribution in [-0.2, 0) is 42.7 Å². The quantitative estimate of drug-likeness (QED) is 0.159. The second-order valence-electron chi connectivity index (χ2n) is 26.0. The number of sulfonamides is 2. The van der Waals surface area contributed by atoms with Gasteiger partial charge in [-0.1, -0.05) is 53.1 Å². The zero-order valence-corrected chi connectivity index (χ0v) is 50.0. The van der Waals surface area contributed by atoms with Gasteiger partial charge in [-0.25, -0.2) is 19.4 Å². The van der Waals surface area contributed by atoms with Crippen molar-refractivity contribution in [3.05, 3.63) is 65.1 Å². The molecule has 8 bridgehead atoms. The van der Waals surface area contributed by atoms with Crippen molar-refractivity contribution in [1.82, 2.24) is 44.3 Å². The van der Waals surface area contributed by atoms with E-state index in [0.717, 1.165) is 90.1 Å². The van der Waals surface area contributed by atoms with E-state index in [2.05, 4.69) is 109 Å². The number of carbonyl (C=O) groups excluding carboxylic acids is 4. The predicted octanol–water partition coefficient (Wildman–Crippen LogP) is 8.37. The molecule has 6 aliphatic rings. The SMILES string of the molecule is CC(C)(C)CCC1CCN(c2ccc3c(n2)N2CC(CCCn4ccc(n4)S(=O)(=O)NC3=O)CC2(C)C)C1=O.CC(C)(C)CCC1CCNC1=O.CC1(C)CC2CCCn3ccc(n3)S(=O)(=O)NC(=O)c3ccc(Cl)nc3N1C2. The first kappa shape index (κ1) is 59.5. The zero-order valence-electron chi connectivity index (χ0n) is 47.6. The van der Waals surface area contributed by atoms with Crippen molar-refractivity contribution in [3.8, 4) is 0 Å². The molecule has 0 spiro atoms. The molecule has 0 radical (unpaired) electrons. The maximum absolute atomic E-state index is 13.5. The lowest BCUT2D eigenvalue weighted by molar-refractivity contribution is -0.123. The van der Waals surface area contributed by atoms with E-state index in [1.54, 1.807) is 38.8 Å². The molecule has 4 aromatic rings. The van der Waals surface area contributed by atoms with Crippen molar-refractivity contribution in [3.63, 3.8) is 0 Å². The first-order valence-electron chi connectivity index (χ1n) is 27.9. The zero-order chi connectivity index (χ0) is 57.5. The number of hydrogen-bond donors (Lipinski definition) is 3. The summed E-state index contributed by atoms with van der Waals surface area (Å²) in [7, 11) is -8.25. The van der Waals surface area contributed by atoms with E-state index in [1.807, 2.05) is 0 Å². The lowest BCUT2D eigenvalue weighted by Crippen LogP contribution is -2.41. The van der Waals surface area contributed by atoms with Crippen molar-refractivity contribution < 1.29 is 36.0 Å². The maximum atomic E-state index is 13.5. The first-order valence-corrected chi connectivity index (χ1v) is 31.3. The van der Waals surface area contributed by atoms with Crippen molar-refractivity contribution in [1.29, 1.82) is 0 Å². The average Bonchev–Trinajstić information content (AvgIpc) is 4.45. The van der Waals surface area contributed by atoms with Crippen LogP contribution in [-0.4, -0.2) is 107 Å². The highest BCUT2D eigenvalue weighted by molar-refractivity contribution is 7.90. The molecule has 4 aromatic heterocycles. The summed E-state index contributed by atoms with van der Waals surface area (Å²) < 4.78 is 58.7. The predicted molar refractivity (Wildman–Crippen MR) is 304 cm³/mol. The lowest BCUT2D eigenvalue weighted by atomic mass is 9.86. The van der Waals surface area contributed by atoms with Crippen LogP contribution in [0.2, 0.25) is 5.15 Å². The molecular weight excluding hydrogens is 1070 g/mol. The van der Waals surface area contributed by atoms with Crippen LogP contribution in [0.5, 0.6) is 0 Å². The molecule has 3 N–H and O–H groups in total. The number of nitrogens with one attached hydrogen (secondary N) is 3. The Labute approximate surface area is 471 Å². The number of halogens is 1. The molecule has 23 heteroatoms. The molecule has 4 unspecified atom stereocenters. The molecule has 4 amide bonds. The van der Waals surface area contributed by atoms with Gasteiger partial charge in [0.1, 0.15) is 22.6 Å². The number of fused-ring (bicyclic) bond motifs is 12. The molecule has 0 saturated carbocycles. The van der Waals surface area contributed by atoms with Gasteiger partial charge in [-0.2, -0.15) is 27.0 Å². The molecule has 0 aromatic carbocycles. The maximum Gasteiger partial charge on any atom is 0.283 e. The second kappa shape index (κ2) is 23.1. The van der Waals surface area contributed by atoms with E-state index in [-0.39, 0.29) is 60.6 Å². The minimum Gasteiger partial charge on any atom is -0.356 e. The number of anilines is 3. The number of nitrogens with zero attached hydrogens (tertiary/aromatic N) is 9. The molecule has 4 atom stereocenters. The first-order chi connectivity index (χ1) is 36.9. The van der Waals surface area contributed by atoms with Crippen LogP contribution in [0.15, 0.2) is 58.8 Å². The van der Waals surface area contributed by atoms with Gasteiger partial charge in [0.05, 0.1) is 11.1 Å². The molecule has 79 heavy (non-hydrogen) atoms. The third kappa shape index (κ3) is 14.5. The van der Waals surface area contributed by atoms with Crippen LogP contribution in [0.25, 0.3) is 0 Å². The molecule has 0 aliphatic carbocycles. The summed E-state index contributed by atoms with van der Waals surface area (Å²) in [6.07, 6.45) is 14.6. The third-order valence-electron chi connectivity index (χ3n) is 16.1. The van der Waals surface area contributed by atoms with Crippen LogP contribution in [0.1, 0.15) is 167 Å². The summed E-state index contributed by atoms with van der Waals surface area (Å²) in [4.78, 5) is 66.1. The van der Waals surface area contributed by atoms with Crippen molar-refractivity contribution in [2.75, 3.05) is 40.9 Å². The molecule has 432 valence electrons. The van der Waals surface area contributed by atoms with E-state index in [0.29, 0.717) is 66.8 Å². The Balaban J connectivity index is 0.000000178. The molecule has 10 rings (SSSR count). The standard InChI is InChI=1S/C28H40N6O4S.C18H22ClN5O3S.C10H19NO/c1-27(2,3)13-10-20-11-16-33(26(20)36)22-9-8-21-24(29-22)34-18-19(17-28(34,4)5)7-6-14-32-15-12-23(30-32)39(37,38)31-25(21)35;1-18(2)10-12-4-3-8-23-9-7-15(21-23)28(26,27)22-17(25)13-5-6-14(19)20-16(13)24(18)11-12;1-10(2,3)6-4-8-5-7-11-9(8)12/h8-9,12,15,19-20H,6-7,10-11,13-14,16-18H2,1-5H3,(H,31,35);5-7,9,12H,3-4,8,10-11H2,1-2H3,(H,22,25);8H,4-7H2,1-3H3,(H,11,12). The van der Waals surface area contributed by atoms with Gasteiger partial charge in [0, 0.05) is 74.6 Å². The molecule has 4 fully saturated rings. The molecule has 4 saturated heterocycles. The van der Waals surface area contributed by atoms with E-state index < -0.39 is 31.9 Å². The molecule has 6 aliphatic heterocycles. The normalized spacial score (nSPS) is 24.3. The van der Waals surface area contributed by atoms with Gasteiger partial charge in [0.15, 0.2) is 10.1 Å². The van der Waals surface area contributed by atoms with Crippen molar-refractivity contribution in [2.45, 2.75) is 181 Å². The van der Waals surface area contributed by atoms with Gasteiger partial charge in [-0.15, -0.1) is 0 Å². The van der Waals surface area contributed by atoms with Gasteiger partial charge >= 0.3 is 0 Å². The Bertz CT molecular complexity index is 3140. The van der Waals surface area contributed by atoms with Crippen LogP contribution < -0.4 is 29.5 Å². The topological polar surface area (TPSA) is 244 Å². The number of carbonyl (C=O) groups is 4. The fraction of sp³-hybridized carbons (Fsp3) is 0.643. The van der Waals surface area contributed by atoms with E-state index in [1.165, 1.54) is 24.3 Å². The Morgan fingerprint density at radius 2 is 1.10 bits per heavy atom. The summed E-state index contributed by atoms with van der Waals surface area (Å²) in [5.41, 5.74) is 0.344. The lowest BCUT2D eigenvalue weighted by Gasteiger charge is -2.34. The Hall–Kier alpha value is -5.61. The Morgan fingerprint density at radius 1 is 0.620 bits per heavy atom. The second-order valence-corrected chi connectivity index (χ2v) is 29.6. The summed E-state index contributed by atoms with van der Waals surface area (Å²) in [5, 5.41) is 11.1. The largest absolute Gasteiger partial charge is 0.356 e. The number of hydrogen-bond acceptors (Lipinski definition) is 14. The number of pyridine rings is 2. The van der Waals surface area contributed by atoms with Crippen LogP contribution in [0.3, 0.4) is 0 Å². The summed E-state index contributed by atoms with van der Waals surface area (Å²) in [6.45, 7) is 25.8. The van der Waals surface area contributed by atoms with E-state index in [9.17, 15) is 36.0 Å². The minimum atomic E-state index is -4.16. The highest BCUT2D eigenvalue weighted by atomic mass is 35.5. The van der Waals surface area contributed by atoms with Crippen LogP contribution in [0.4, 0.5) is 17.5 Å². The fourth-order valence-electron chi connectivity index (χ4n) is 11.8. The average molecular weight is 1150 g/mol. The van der Waals surface area contributed by atoms with E-state index >= 15 is 0 Å². The van der Waals surface area contributed by atoms with Crippen molar-refractivity contribution >= 4 is 72.7 Å². The third-order valence-corrected chi connectivity index (χ3v) is 18.8. The molecule has 20 nitrogen and oxygen atoms in total. The fourth-order valence-corrected chi connectivity index (χ4v) is 13.8. The van der Waals surface area contributed by atoms with Crippen LogP contribution in [0, 0.1) is 34.5 Å². The number of rotatable bonds is 5. The van der Waals surface area contributed by atoms with Gasteiger partial charge in [-0.05, 0) is 164 Å². The smallest absolute Gasteiger partial charge is 0.283 e. The molecule has 10 heterocycles.